The van der Waals surface area contributed by atoms with Gasteiger partial charge in [0.2, 0.25) is 0 Å². The third-order valence-corrected chi connectivity index (χ3v) is 3.87. The lowest BCUT2D eigenvalue weighted by Crippen LogP contribution is -2.27. The van der Waals surface area contributed by atoms with Crippen molar-refractivity contribution in [1.29, 1.82) is 0 Å². The minimum atomic E-state index is 0.345. The summed E-state index contributed by atoms with van der Waals surface area (Å²) in [7, 11) is 0. The van der Waals surface area contributed by atoms with E-state index in [0.717, 1.165) is 31.4 Å². The van der Waals surface area contributed by atoms with Crippen molar-refractivity contribution in [2.45, 2.75) is 25.4 Å². The Morgan fingerprint density at radius 3 is 3.07 bits per heavy atom. The molecule has 0 radical (unpaired) electrons. The van der Waals surface area contributed by atoms with Crippen LogP contribution in [0.1, 0.15) is 17.5 Å². The van der Waals surface area contributed by atoms with E-state index in [-0.39, 0.29) is 0 Å². The Morgan fingerprint density at radius 2 is 2.20 bits per heavy atom. The number of rotatable bonds is 0. The fourth-order valence-electron chi connectivity index (χ4n) is 2.59. The maximum Gasteiger partial charge on any atom is 0.134 e. The van der Waals surface area contributed by atoms with Gasteiger partial charge in [0, 0.05) is 13.0 Å². The van der Waals surface area contributed by atoms with Crippen LogP contribution in [0.2, 0.25) is 10.3 Å². The van der Waals surface area contributed by atoms with Crippen LogP contribution < -0.4 is 0 Å². The molecule has 0 N–H and O–H groups in total. The quantitative estimate of drug-likeness (QED) is 0.654. The van der Waals surface area contributed by atoms with Crippen LogP contribution >= 0.6 is 23.2 Å². The Bertz CT molecular complexity index is 408. The molecule has 80 valence electrons. The van der Waals surface area contributed by atoms with E-state index in [1.807, 2.05) is 6.07 Å². The fraction of sp³-hybridized carbons (Fsp3) is 0.545. The first-order chi connectivity index (χ1) is 7.24. The van der Waals surface area contributed by atoms with Crippen LogP contribution in [0, 0.1) is 5.92 Å². The number of pyridine rings is 1. The Labute approximate surface area is 98.5 Å². The predicted octanol–water partition coefficient (Wildman–Crippen LogP) is 2.89. The molecule has 2 unspecified atom stereocenters. The van der Waals surface area contributed by atoms with Crippen LogP contribution in [0.15, 0.2) is 6.07 Å². The first kappa shape index (κ1) is 9.88. The van der Waals surface area contributed by atoms with E-state index in [0.29, 0.717) is 22.3 Å². The van der Waals surface area contributed by atoms with E-state index in [1.165, 1.54) is 5.56 Å². The molecule has 0 saturated carbocycles. The molecular weight excluding hydrogens is 233 g/mol. The lowest BCUT2D eigenvalue weighted by Gasteiger charge is -2.26. The summed E-state index contributed by atoms with van der Waals surface area (Å²) in [5.74, 6) is 0.645. The first-order valence-corrected chi connectivity index (χ1v) is 5.95. The van der Waals surface area contributed by atoms with Gasteiger partial charge in [-0.3, -0.25) is 0 Å². The van der Waals surface area contributed by atoms with Crippen LogP contribution in [0.3, 0.4) is 0 Å². The predicted molar refractivity (Wildman–Crippen MR) is 59.5 cm³/mol. The highest BCUT2D eigenvalue weighted by molar-refractivity contribution is 6.33. The van der Waals surface area contributed by atoms with E-state index >= 15 is 0 Å². The molecule has 1 aromatic rings. The van der Waals surface area contributed by atoms with E-state index in [2.05, 4.69) is 4.98 Å². The average molecular weight is 244 g/mol. The number of hydrogen-bond acceptors (Lipinski definition) is 2. The van der Waals surface area contributed by atoms with Gasteiger partial charge in [0.25, 0.3) is 0 Å². The van der Waals surface area contributed by atoms with E-state index in [9.17, 15) is 0 Å². The van der Waals surface area contributed by atoms with Crippen LogP contribution in [-0.4, -0.2) is 17.7 Å². The molecule has 1 aromatic heterocycles. The average Bonchev–Trinajstić information content (AvgIpc) is 2.61. The van der Waals surface area contributed by atoms with Gasteiger partial charge in [-0.05, 0) is 36.0 Å². The second kappa shape index (κ2) is 3.62. The molecule has 2 atom stereocenters. The van der Waals surface area contributed by atoms with Crippen molar-refractivity contribution in [2.24, 2.45) is 5.92 Å². The van der Waals surface area contributed by atoms with Crippen molar-refractivity contribution in [2.75, 3.05) is 6.61 Å². The maximum atomic E-state index is 6.09. The minimum Gasteiger partial charge on any atom is -0.378 e. The van der Waals surface area contributed by atoms with Crippen molar-refractivity contribution < 1.29 is 4.74 Å². The Balaban J connectivity index is 2.03. The molecule has 1 aliphatic carbocycles. The summed E-state index contributed by atoms with van der Waals surface area (Å²) in [4.78, 5) is 4.08. The Hall–Kier alpha value is -0.310. The van der Waals surface area contributed by atoms with Gasteiger partial charge in [0.15, 0.2) is 0 Å². The number of aromatic nitrogens is 1. The normalized spacial score (nSPS) is 28.7. The lowest BCUT2D eigenvalue weighted by molar-refractivity contribution is 0.0862. The van der Waals surface area contributed by atoms with Gasteiger partial charge in [-0.25, -0.2) is 4.98 Å². The number of ether oxygens (including phenoxy) is 1. The molecule has 4 heteroatoms. The molecule has 0 aromatic carbocycles. The molecule has 0 spiro atoms. The summed E-state index contributed by atoms with van der Waals surface area (Å²) in [6, 6.07) is 1.94. The molecule has 3 rings (SSSR count). The summed E-state index contributed by atoms with van der Waals surface area (Å²) in [6.07, 6.45) is 3.42. The molecule has 0 bridgehead atoms. The highest BCUT2D eigenvalue weighted by atomic mass is 35.5. The van der Waals surface area contributed by atoms with Gasteiger partial charge in [-0.15, -0.1) is 0 Å². The minimum absolute atomic E-state index is 0.345. The molecular formula is C11H11Cl2NO. The van der Waals surface area contributed by atoms with Crippen molar-refractivity contribution in [3.05, 3.63) is 27.5 Å². The van der Waals surface area contributed by atoms with Crippen LogP contribution in [0.4, 0.5) is 0 Å². The molecule has 1 aliphatic heterocycles. The second-order valence-corrected chi connectivity index (χ2v) is 4.98. The Kier molecular flexibility index (Phi) is 2.38. The molecule has 15 heavy (non-hydrogen) atoms. The van der Waals surface area contributed by atoms with Crippen molar-refractivity contribution in [3.8, 4) is 0 Å². The largest absolute Gasteiger partial charge is 0.378 e. The van der Waals surface area contributed by atoms with Crippen LogP contribution in [-0.2, 0) is 17.6 Å². The first-order valence-electron chi connectivity index (χ1n) is 5.19. The SMILES string of the molecule is Clc1cc2c(c(Cl)n1)CC1OCCC1C2. The van der Waals surface area contributed by atoms with Gasteiger partial charge in [0.1, 0.15) is 10.3 Å². The summed E-state index contributed by atoms with van der Waals surface area (Å²) >= 11 is 12.0. The smallest absolute Gasteiger partial charge is 0.134 e. The highest BCUT2D eigenvalue weighted by Crippen LogP contribution is 2.37. The van der Waals surface area contributed by atoms with Crippen molar-refractivity contribution in [3.63, 3.8) is 0 Å². The van der Waals surface area contributed by atoms with E-state index in [4.69, 9.17) is 27.9 Å². The lowest BCUT2D eigenvalue weighted by atomic mass is 9.82. The van der Waals surface area contributed by atoms with Gasteiger partial charge in [-0.1, -0.05) is 23.2 Å². The summed E-state index contributed by atoms with van der Waals surface area (Å²) < 4.78 is 5.68. The van der Waals surface area contributed by atoms with Crippen molar-refractivity contribution in [1.82, 2.24) is 4.98 Å². The topological polar surface area (TPSA) is 22.1 Å². The molecule has 2 aliphatic rings. The molecule has 1 fully saturated rings. The zero-order chi connectivity index (χ0) is 10.4. The van der Waals surface area contributed by atoms with Gasteiger partial charge in [-0.2, -0.15) is 0 Å². The molecule has 2 nitrogen and oxygen atoms in total. The third kappa shape index (κ3) is 1.65. The summed E-state index contributed by atoms with van der Waals surface area (Å²) in [5.41, 5.74) is 2.39. The van der Waals surface area contributed by atoms with Gasteiger partial charge in [0.05, 0.1) is 6.10 Å². The highest BCUT2D eigenvalue weighted by Gasteiger charge is 2.34. The van der Waals surface area contributed by atoms with E-state index < -0.39 is 0 Å². The number of halogens is 2. The molecule has 2 heterocycles. The second-order valence-electron chi connectivity index (χ2n) is 4.24. The van der Waals surface area contributed by atoms with Gasteiger partial charge < -0.3 is 4.74 Å². The van der Waals surface area contributed by atoms with Crippen LogP contribution in [0.25, 0.3) is 0 Å². The third-order valence-electron chi connectivity index (χ3n) is 3.37. The maximum absolute atomic E-state index is 6.09. The molecule has 0 amide bonds. The summed E-state index contributed by atoms with van der Waals surface area (Å²) in [6.45, 7) is 0.877. The number of hydrogen-bond donors (Lipinski definition) is 0. The van der Waals surface area contributed by atoms with E-state index in [1.54, 1.807) is 0 Å². The number of nitrogens with zero attached hydrogens (tertiary/aromatic N) is 1. The number of fused-ring (bicyclic) bond motifs is 2. The monoisotopic (exact) mass is 243 g/mol. The zero-order valence-corrected chi connectivity index (χ0v) is 9.68. The Morgan fingerprint density at radius 1 is 1.33 bits per heavy atom. The standard InChI is InChI=1S/C11H11Cl2NO/c12-10-4-7-3-6-1-2-15-9(6)5-8(7)11(13)14-10/h4,6,9H,1-3,5H2. The van der Waals surface area contributed by atoms with Crippen LogP contribution in [0.5, 0.6) is 0 Å². The summed E-state index contributed by atoms with van der Waals surface area (Å²) in [5, 5.41) is 1.04. The van der Waals surface area contributed by atoms with Crippen molar-refractivity contribution >= 4 is 23.2 Å². The zero-order valence-electron chi connectivity index (χ0n) is 8.17. The molecule has 1 saturated heterocycles. The fourth-order valence-corrected chi connectivity index (χ4v) is 3.14. The van der Waals surface area contributed by atoms with Gasteiger partial charge >= 0.3 is 0 Å².